The zero-order valence-corrected chi connectivity index (χ0v) is 13.3. The number of halogens is 2. The number of hydrogen-bond donors (Lipinski definition) is 1. The third kappa shape index (κ3) is 3.15. The molecule has 1 N–H and O–H groups in total. The summed E-state index contributed by atoms with van der Waals surface area (Å²) in [5, 5.41) is 0.116. The summed E-state index contributed by atoms with van der Waals surface area (Å²) in [6, 6.07) is 3.28. The fourth-order valence-corrected chi connectivity index (χ4v) is 3.43. The number of fused-ring (bicyclic) bond motifs is 1. The molecule has 1 atom stereocenters. The van der Waals surface area contributed by atoms with Crippen LogP contribution in [0.25, 0.3) is 11.0 Å². The van der Waals surface area contributed by atoms with Crippen molar-refractivity contribution in [1.82, 2.24) is 9.55 Å². The maximum Gasteiger partial charge on any atom is 0.178 e. The van der Waals surface area contributed by atoms with Crippen molar-refractivity contribution in [1.29, 1.82) is 0 Å². The Bertz CT molecular complexity index is 635. The lowest BCUT2D eigenvalue weighted by Gasteiger charge is -2.14. The molecule has 0 saturated carbocycles. The van der Waals surface area contributed by atoms with E-state index in [1.165, 1.54) is 6.07 Å². The first kappa shape index (κ1) is 14.9. The second kappa shape index (κ2) is 6.29. The van der Waals surface area contributed by atoms with Crippen LogP contribution in [0.4, 0.5) is 4.39 Å². The topological polar surface area (TPSA) is 20.7 Å². The van der Waals surface area contributed by atoms with Crippen LogP contribution in [0.3, 0.4) is 0 Å². The van der Waals surface area contributed by atoms with Crippen LogP contribution in [-0.4, -0.2) is 21.1 Å². The lowest BCUT2D eigenvalue weighted by Crippen LogP contribution is -2.06. The number of nitrogens with zero attached hydrogens (tertiary/aromatic N) is 1. The molecule has 1 unspecified atom stereocenters. The van der Waals surface area contributed by atoms with Gasteiger partial charge in [-0.3, -0.25) is 0 Å². The van der Waals surface area contributed by atoms with Crippen LogP contribution in [0.1, 0.15) is 26.3 Å². The molecule has 0 amide bonds. The average Bonchev–Trinajstić information content (AvgIpc) is 2.65. The Morgan fingerprint density at radius 1 is 1.53 bits per heavy atom. The van der Waals surface area contributed by atoms with Crippen LogP contribution < -0.4 is 0 Å². The van der Waals surface area contributed by atoms with E-state index in [0.29, 0.717) is 4.77 Å². The van der Waals surface area contributed by atoms with Crippen molar-refractivity contribution in [2.45, 2.75) is 26.3 Å². The highest BCUT2D eigenvalue weighted by atomic mass is 35.5. The third-order valence-electron chi connectivity index (χ3n) is 3.08. The second-order valence-electron chi connectivity index (χ2n) is 4.42. The largest absolute Gasteiger partial charge is 0.331 e. The van der Waals surface area contributed by atoms with E-state index in [-0.39, 0.29) is 11.1 Å². The van der Waals surface area contributed by atoms with Gasteiger partial charge in [-0.25, -0.2) is 4.39 Å². The van der Waals surface area contributed by atoms with Gasteiger partial charge < -0.3 is 9.55 Å². The van der Waals surface area contributed by atoms with Crippen LogP contribution in [-0.2, 0) is 0 Å². The van der Waals surface area contributed by atoms with Crippen molar-refractivity contribution >= 4 is 46.6 Å². The first-order valence-corrected chi connectivity index (χ1v) is 8.15. The maximum absolute atomic E-state index is 13.6. The molecule has 2 nitrogen and oxygen atoms in total. The van der Waals surface area contributed by atoms with E-state index >= 15 is 0 Å². The summed E-state index contributed by atoms with van der Waals surface area (Å²) in [6.45, 7) is 4.25. The molecule has 1 aromatic carbocycles. The monoisotopic (exact) mass is 318 g/mol. The van der Waals surface area contributed by atoms with Gasteiger partial charge in [-0.15, -0.1) is 0 Å². The summed E-state index contributed by atoms with van der Waals surface area (Å²) in [5.41, 5.74) is 1.56. The van der Waals surface area contributed by atoms with Gasteiger partial charge in [0, 0.05) is 12.1 Å². The Balaban J connectivity index is 2.39. The molecular weight excluding hydrogens is 303 g/mol. The molecule has 0 bridgehead atoms. The number of rotatable bonds is 5. The SMILES string of the molecule is CCSCCC(C)n1c(=S)[nH]c2cc(Cl)c(F)cc21. The van der Waals surface area contributed by atoms with Gasteiger partial charge in [-0.2, -0.15) is 11.8 Å². The number of benzene rings is 1. The Labute approximate surface area is 126 Å². The number of nitrogens with one attached hydrogen (secondary N) is 1. The van der Waals surface area contributed by atoms with E-state index in [2.05, 4.69) is 18.8 Å². The number of aromatic amines is 1. The van der Waals surface area contributed by atoms with E-state index in [0.717, 1.165) is 29.0 Å². The molecule has 6 heteroatoms. The molecule has 19 heavy (non-hydrogen) atoms. The molecule has 0 fully saturated rings. The Morgan fingerprint density at radius 3 is 2.95 bits per heavy atom. The minimum atomic E-state index is -0.410. The van der Waals surface area contributed by atoms with Crippen molar-refractivity contribution < 1.29 is 4.39 Å². The highest BCUT2D eigenvalue weighted by Crippen LogP contribution is 2.26. The van der Waals surface area contributed by atoms with Crippen molar-refractivity contribution in [2.24, 2.45) is 0 Å². The summed E-state index contributed by atoms with van der Waals surface area (Å²) in [7, 11) is 0. The summed E-state index contributed by atoms with van der Waals surface area (Å²) >= 11 is 13.0. The van der Waals surface area contributed by atoms with Crippen LogP contribution in [0.2, 0.25) is 5.02 Å². The molecule has 104 valence electrons. The number of hydrogen-bond acceptors (Lipinski definition) is 2. The van der Waals surface area contributed by atoms with Gasteiger partial charge in [0.25, 0.3) is 0 Å². The smallest absolute Gasteiger partial charge is 0.178 e. The molecule has 1 aromatic heterocycles. The molecule has 0 aliphatic heterocycles. The quantitative estimate of drug-likeness (QED) is 0.604. The predicted molar refractivity (Wildman–Crippen MR) is 84.4 cm³/mol. The third-order valence-corrected chi connectivity index (χ3v) is 4.60. The number of imidazole rings is 1. The summed E-state index contributed by atoms with van der Waals surface area (Å²) in [5.74, 6) is 1.77. The molecular formula is C13H16ClFN2S2. The molecule has 0 saturated heterocycles. The Morgan fingerprint density at radius 2 is 2.26 bits per heavy atom. The molecule has 0 aliphatic carbocycles. The van der Waals surface area contributed by atoms with Gasteiger partial charge in [0.1, 0.15) is 5.82 Å². The van der Waals surface area contributed by atoms with E-state index in [9.17, 15) is 4.39 Å². The van der Waals surface area contributed by atoms with Gasteiger partial charge in [0.15, 0.2) is 4.77 Å². The van der Waals surface area contributed by atoms with Crippen molar-refractivity contribution in [3.63, 3.8) is 0 Å². The molecule has 2 aromatic rings. The highest BCUT2D eigenvalue weighted by Gasteiger charge is 2.13. The van der Waals surface area contributed by atoms with Crippen LogP contribution in [0, 0.1) is 10.6 Å². The highest BCUT2D eigenvalue weighted by molar-refractivity contribution is 7.99. The van der Waals surface area contributed by atoms with E-state index < -0.39 is 5.82 Å². The average molecular weight is 319 g/mol. The van der Waals surface area contributed by atoms with Gasteiger partial charge in [-0.05, 0) is 43.1 Å². The lowest BCUT2D eigenvalue weighted by atomic mass is 10.2. The standard InChI is InChI=1S/C13H16ClFN2S2/c1-3-19-5-4-8(2)17-12-7-10(15)9(14)6-11(12)16-13(17)18/h6-8H,3-5H2,1-2H3,(H,16,18). The normalized spacial score (nSPS) is 13.1. The first-order valence-electron chi connectivity index (χ1n) is 6.21. The second-order valence-corrected chi connectivity index (χ2v) is 6.61. The maximum atomic E-state index is 13.6. The summed E-state index contributed by atoms with van der Waals surface area (Å²) < 4.78 is 16.2. The molecule has 0 radical (unpaired) electrons. The van der Waals surface area contributed by atoms with E-state index in [1.54, 1.807) is 6.07 Å². The first-order chi connectivity index (χ1) is 9.04. The lowest BCUT2D eigenvalue weighted by molar-refractivity contribution is 0.541. The van der Waals surface area contributed by atoms with Crippen LogP contribution in [0.5, 0.6) is 0 Å². The molecule has 0 spiro atoms. The minimum absolute atomic E-state index is 0.116. The van der Waals surface area contributed by atoms with Crippen molar-refractivity contribution in [3.8, 4) is 0 Å². The van der Waals surface area contributed by atoms with Gasteiger partial charge >= 0.3 is 0 Å². The number of thioether (sulfide) groups is 1. The molecule has 2 rings (SSSR count). The fraction of sp³-hybridized carbons (Fsp3) is 0.462. The van der Waals surface area contributed by atoms with Gasteiger partial charge in [-0.1, -0.05) is 18.5 Å². The number of aromatic nitrogens is 2. The van der Waals surface area contributed by atoms with Crippen molar-refractivity contribution in [2.75, 3.05) is 11.5 Å². The molecule has 1 heterocycles. The van der Waals surface area contributed by atoms with Crippen LogP contribution in [0.15, 0.2) is 12.1 Å². The number of H-pyrrole nitrogens is 1. The van der Waals surface area contributed by atoms with Gasteiger partial charge in [0.05, 0.1) is 16.1 Å². The minimum Gasteiger partial charge on any atom is -0.331 e. The Hall–Kier alpha value is -0.520. The zero-order chi connectivity index (χ0) is 14.0. The van der Waals surface area contributed by atoms with Gasteiger partial charge in [0.2, 0.25) is 0 Å². The fourth-order valence-electron chi connectivity index (χ4n) is 2.09. The van der Waals surface area contributed by atoms with Crippen LogP contribution >= 0.6 is 35.6 Å². The van der Waals surface area contributed by atoms with E-state index in [4.69, 9.17) is 23.8 Å². The molecule has 0 aliphatic rings. The summed E-state index contributed by atoms with van der Waals surface area (Å²) in [4.78, 5) is 3.09. The predicted octanol–water partition coefficient (Wildman–Crippen LogP) is 5.20. The van der Waals surface area contributed by atoms with E-state index in [1.807, 2.05) is 16.3 Å². The Kier molecular flexibility index (Phi) is 4.92. The van der Waals surface area contributed by atoms with Crippen molar-refractivity contribution in [3.05, 3.63) is 27.7 Å². The zero-order valence-electron chi connectivity index (χ0n) is 10.9. The summed E-state index contributed by atoms with van der Waals surface area (Å²) in [6.07, 6.45) is 1.00.